The number of hydrogen-bond acceptors (Lipinski definition) is 1. The molecule has 1 heteroatoms. The molecule has 1 atom stereocenters. The Bertz CT molecular complexity index is 416. The van der Waals surface area contributed by atoms with Crippen LogP contribution in [0.15, 0.2) is 18.2 Å². The van der Waals surface area contributed by atoms with Crippen LogP contribution >= 0.6 is 0 Å². The maximum atomic E-state index is 2.41. The van der Waals surface area contributed by atoms with E-state index in [9.17, 15) is 0 Å². The van der Waals surface area contributed by atoms with Crippen LogP contribution in [-0.4, -0.2) is 25.0 Å². The van der Waals surface area contributed by atoms with E-state index in [0.29, 0.717) is 0 Å². The SMILES string of the molecule is CN(C)[C@@H]1CCc2cccc(C3CCCC3)c2C1. The molecule has 18 heavy (non-hydrogen) atoms. The molecule has 0 aromatic heterocycles. The van der Waals surface area contributed by atoms with Crippen molar-refractivity contribution in [3.63, 3.8) is 0 Å². The van der Waals surface area contributed by atoms with E-state index in [2.05, 4.69) is 37.2 Å². The van der Waals surface area contributed by atoms with Crippen LogP contribution in [0.2, 0.25) is 0 Å². The summed E-state index contributed by atoms with van der Waals surface area (Å²) in [6.45, 7) is 0. The number of benzene rings is 1. The highest BCUT2D eigenvalue weighted by Gasteiger charge is 2.26. The van der Waals surface area contributed by atoms with E-state index < -0.39 is 0 Å². The number of hydrogen-bond donors (Lipinski definition) is 0. The first kappa shape index (κ1) is 12.2. The molecule has 2 aliphatic rings. The van der Waals surface area contributed by atoms with Crippen molar-refractivity contribution < 1.29 is 0 Å². The standard InChI is InChI=1S/C17H25N/c1-18(2)15-11-10-14-8-5-9-16(17(14)12-15)13-6-3-4-7-13/h5,8-9,13,15H,3-4,6-7,10-12H2,1-2H3/t15-/m1/s1. The average molecular weight is 243 g/mol. The highest BCUT2D eigenvalue weighted by atomic mass is 15.1. The van der Waals surface area contributed by atoms with Gasteiger partial charge in [-0.3, -0.25) is 0 Å². The highest BCUT2D eigenvalue weighted by molar-refractivity contribution is 5.40. The zero-order valence-corrected chi connectivity index (χ0v) is 11.8. The number of nitrogens with zero attached hydrogens (tertiary/aromatic N) is 1. The van der Waals surface area contributed by atoms with Crippen LogP contribution in [0.25, 0.3) is 0 Å². The van der Waals surface area contributed by atoms with Crippen molar-refractivity contribution in [3.8, 4) is 0 Å². The molecule has 1 nitrogen and oxygen atoms in total. The normalized spacial score (nSPS) is 24.5. The molecule has 1 fully saturated rings. The van der Waals surface area contributed by atoms with Crippen molar-refractivity contribution in [3.05, 3.63) is 34.9 Å². The van der Waals surface area contributed by atoms with E-state index in [0.717, 1.165) is 12.0 Å². The van der Waals surface area contributed by atoms with Crippen LogP contribution in [0.5, 0.6) is 0 Å². The van der Waals surface area contributed by atoms with E-state index in [1.165, 1.54) is 44.9 Å². The molecular weight excluding hydrogens is 218 g/mol. The third-order valence-electron chi connectivity index (χ3n) is 5.02. The summed E-state index contributed by atoms with van der Waals surface area (Å²) in [5.74, 6) is 0.862. The topological polar surface area (TPSA) is 3.24 Å². The Labute approximate surface area is 111 Å². The van der Waals surface area contributed by atoms with Gasteiger partial charge in [-0.15, -0.1) is 0 Å². The summed E-state index contributed by atoms with van der Waals surface area (Å²) in [6.07, 6.45) is 9.59. The second-order valence-corrected chi connectivity index (χ2v) is 6.33. The Balaban J connectivity index is 1.92. The van der Waals surface area contributed by atoms with Gasteiger partial charge in [0.1, 0.15) is 0 Å². The maximum Gasteiger partial charge on any atom is 0.0133 e. The van der Waals surface area contributed by atoms with E-state index in [1.807, 2.05) is 0 Å². The number of likely N-dealkylation sites (N-methyl/N-ethyl adjacent to an activating group) is 1. The first-order valence-corrected chi connectivity index (χ1v) is 7.53. The lowest BCUT2D eigenvalue weighted by molar-refractivity contribution is 0.267. The van der Waals surface area contributed by atoms with Crippen molar-refractivity contribution in [2.75, 3.05) is 14.1 Å². The average Bonchev–Trinajstić information content (AvgIpc) is 2.91. The minimum absolute atomic E-state index is 0.750. The van der Waals surface area contributed by atoms with Crippen LogP contribution in [0.1, 0.15) is 54.7 Å². The van der Waals surface area contributed by atoms with E-state index >= 15 is 0 Å². The predicted molar refractivity (Wildman–Crippen MR) is 77.2 cm³/mol. The predicted octanol–water partition coefficient (Wildman–Crippen LogP) is 3.76. The molecule has 2 aliphatic carbocycles. The minimum Gasteiger partial charge on any atom is -0.306 e. The summed E-state index contributed by atoms with van der Waals surface area (Å²) in [4.78, 5) is 2.41. The molecular formula is C17H25N. The fourth-order valence-corrected chi connectivity index (χ4v) is 3.86. The smallest absolute Gasteiger partial charge is 0.0133 e. The Morgan fingerprint density at radius 2 is 1.83 bits per heavy atom. The number of aryl methyl sites for hydroxylation is 1. The summed E-state index contributed by atoms with van der Waals surface area (Å²) < 4.78 is 0. The van der Waals surface area contributed by atoms with Crippen molar-refractivity contribution in [2.24, 2.45) is 0 Å². The zero-order valence-electron chi connectivity index (χ0n) is 11.8. The van der Waals surface area contributed by atoms with Gasteiger partial charge in [0.15, 0.2) is 0 Å². The molecule has 1 saturated carbocycles. The third-order valence-corrected chi connectivity index (χ3v) is 5.02. The molecule has 0 aliphatic heterocycles. The van der Waals surface area contributed by atoms with Crippen LogP contribution in [0.4, 0.5) is 0 Å². The van der Waals surface area contributed by atoms with Crippen LogP contribution in [0, 0.1) is 0 Å². The number of fused-ring (bicyclic) bond motifs is 1. The first-order chi connectivity index (χ1) is 8.75. The Morgan fingerprint density at radius 1 is 1.06 bits per heavy atom. The van der Waals surface area contributed by atoms with Crippen LogP contribution < -0.4 is 0 Å². The largest absolute Gasteiger partial charge is 0.306 e. The maximum absolute atomic E-state index is 2.41. The quantitative estimate of drug-likeness (QED) is 0.764. The molecule has 0 heterocycles. The summed E-state index contributed by atoms with van der Waals surface area (Å²) in [6, 6.07) is 7.81. The van der Waals surface area contributed by atoms with Gasteiger partial charge in [-0.25, -0.2) is 0 Å². The van der Waals surface area contributed by atoms with Gasteiger partial charge in [0.25, 0.3) is 0 Å². The summed E-state index contributed by atoms with van der Waals surface area (Å²) >= 11 is 0. The van der Waals surface area contributed by atoms with Gasteiger partial charge >= 0.3 is 0 Å². The van der Waals surface area contributed by atoms with Crippen LogP contribution in [-0.2, 0) is 12.8 Å². The van der Waals surface area contributed by atoms with Gasteiger partial charge in [-0.1, -0.05) is 31.0 Å². The van der Waals surface area contributed by atoms with Crippen molar-refractivity contribution in [1.29, 1.82) is 0 Å². The fourth-order valence-electron chi connectivity index (χ4n) is 3.86. The molecule has 0 bridgehead atoms. The van der Waals surface area contributed by atoms with Crippen molar-refractivity contribution in [1.82, 2.24) is 4.90 Å². The molecule has 98 valence electrons. The molecule has 0 radical (unpaired) electrons. The van der Waals surface area contributed by atoms with E-state index in [1.54, 1.807) is 16.7 Å². The van der Waals surface area contributed by atoms with Gasteiger partial charge in [0, 0.05) is 6.04 Å². The highest BCUT2D eigenvalue weighted by Crippen LogP contribution is 2.38. The van der Waals surface area contributed by atoms with Gasteiger partial charge in [-0.2, -0.15) is 0 Å². The minimum atomic E-state index is 0.750. The van der Waals surface area contributed by atoms with E-state index in [-0.39, 0.29) is 0 Å². The lowest BCUT2D eigenvalue weighted by atomic mass is 9.81. The molecule has 0 saturated heterocycles. The van der Waals surface area contributed by atoms with Gasteiger partial charge < -0.3 is 4.90 Å². The second kappa shape index (κ2) is 5.05. The molecule has 0 unspecified atom stereocenters. The Morgan fingerprint density at radius 3 is 2.56 bits per heavy atom. The molecule has 0 amide bonds. The monoisotopic (exact) mass is 243 g/mol. The molecule has 3 rings (SSSR count). The Hall–Kier alpha value is -0.820. The summed E-state index contributed by atoms with van der Waals surface area (Å²) in [5.41, 5.74) is 5.03. The van der Waals surface area contributed by atoms with Crippen molar-refractivity contribution in [2.45, 2.75) is 56.9 Å². The second-order valence-electron chi connectivity index (χ2n) is 6.33. The van der Waals surface area contributed by atoms with E-state index in [4.69, 9.17) is 0 Å². The first-order valence-electron chi connectivity index (χ1n) is 7.53. The van der Waals surface area contributed by atoms with Crippen LogP contribution in [0.3, 0.4) is 0 Å². The molecule has 0 N–H and O–H groups in total. The molecule has 0 spiro atoms. The van der Waals surface area contributed by atoms with Gasteiger partial charge in [-0.05, 0) is 68.8 Å². The lowest BCUT2D eigenvalue weighted by Gasteiger charge is -2.32. The Kier molecular flexibility index (Phi) is 3.43. The fraction of sp³-hybridized carbons (Fsp3) is 0.647. The van der Waals surface area contributed by atoms with Gasteiger partial charge in [0.2, 0.25) is 0 Å². The van der Waals surface area contributed by atoms with Gasteiger partial charge in [0.05, 0.1) is 0 Å². The summed E-state index contributed by atoms with van der Waals surface area (Å²) in [7, 11) is 4.46. The molecule has 1 aromatic carbocycles. The molecule has 1 aromatic rings. The summed E-state index contributed by atoms with van der Waals surface area (Å²) in [5, 5.41) is 0. The lowest BCUT2D eigenvalue weighted by Crippen LogP contribution is -2.34. The third kappa shape index (κ3) is 2.21. The number of rotatable bonds is 2. The van der Waals surface area contributed by atoms with Crippen molar-refractivity contribution >= 4 is 0 Å². The zero-order chi connectivity index (χ0) is 12.5.